The first kappa shape index (κ1) is 15.7. The van der Waals surface area contributed by atoms with Gasteiger partial charge in [0.05, 0.1) is 12.8 Å². The van der Waals surface area contributed by atoms with Crippen molar-refractivity contribution in [3.8, 4) is 5.75 Å². The van der Waals surface area contributed by atoms with Crippen LogP contribution in [0.4, 0.5) is 11.4 Å². The Labute approximate surface area is 144 Å². The lowest BCUT2D eigenvalue weighted by Crippen LogP contribution is -2.24. The van der Waals surface area contributed by atoms with Gasteiger partial charge in [0.1, 0.15) is 11.5 Å². The van der Waals surface area contributed by atoms with Gasteiger partial charge >= 0.3 is 0 Å². The minimum atomic E-state index is -0.331. The first-order valence-electron chi connectivity index (χ1n) is 8.42. The number of carbonyl (C=O) groups excluding carboxylic acids is 2. The van der Waals surface area contributed by atoms with Gasteiger partial charge in [0, 0.05) is 36.7 Å². The standard InChI is InChI=1S/C18H19N3O4/c1-24-16-9-12(6-7-14(16)21-8-2-3-17(21)22)19-18(23)13-10-15(25-20-13)11-4-5-11/h6-7,9-11H,2-5,8H2,1H3,(H,19,23). The van der Waals surface area contributed by atoms with Gasteiger partial charge in [-0.1, -0.05) is 5.16 Å². The summed E-state index contributed by atoms with van der Waals surface area (Å²) >= 11 is 0. The van der Waals surface area contributed by atoms with Crippen LogP contribution in [0.1, 0.15) is 47.8 Å². The summed E-state index contributed by atoms with van der Waals surface area (Å²) in [5.74, 6) is 1.48. The average molecular weight is 341 g/mol. The summed E-state index contributed by atoms with van der Waals surface area (Å²) < 4.78 is 10.6. The molecule has 0 atom stereocenters. The summed E-state index contributed by atoms with van der Waals surface area (Å²) in [6.45, 7) is 0.684. The maximum atomic E-state index is 12.3. The van der Waals surface area contributed by atoms with Gasteiger partial charge in [-0.15, -0.1) is 0 Å². The highest BCUT2D eigenvalue weighted by molar-refractivity contribution is 6.03. The molecule has 2 amide bonds. The van der Waals surface area contributed by atoms with E-state index in [0.29, 0.717) is 30.3 Å². The molecule has 0 bridgehead atoms. The predicted molar refractivity (Wildman–Crippen MR) is 91.0 cm³/mol. The van der Waals surface area contributed by atoms with E-state index >= 15 is 0 Å². The molecule has 1 saturated heterocycles. The van der Waals surface area contributed by atoms with E-state index in [4.69, 9.17) is 9.26 Å². The number of aromatic nitrogens is 1. The Morgan fingerprint density at radius 3 is 2.88 bits per heavy atom. The third-order valence-electron chi connectivity index (χ3n) is 4.54. The van der Waals surface area contributed by atoms with Crippen LogP contribution >= 0.6 is 0 Å². The molecular weight excluding hydrogens is 322 g/mol. The van der Waals surface area contributed by atoms with Crippen LogP contribution in [0.2, 0.25) is 0 Å². The Bertz CT molecular complexity index is 825. The van der Waals surface area contributed by atoms with E-state index in [1.54, 1.807) is 36.3 Å². The van der Waals surface area contributed by atoms with Crippen LogP contribution in [0.5, 0.6) is 5.75 Å². The summed E-state index contributed by atoms with van der Waals surface area (Å²) in [4.78, 5) is 26.0. The van der Waals surface area contributed by atoms with Gasteiger partial charge in [-0.3, -0.25) is 9.59 Å². The molecule has 1 aromatic carbocycles. The van der Waals surface area contributed by atoms with Gasteiger partial charge in [0.2, 0.25) is 5.91 Å². The monoisotopic (exact) mass is 341 g/mol. The minimum absolute atomic E-state index is 0.0882. The molecule has 2 fully saturated rings. The SMILES string of the molecule is COc1cc(NC(=O)c2cc(C3CC3)on2)ccc1N1CCCC1=O. The van der Waals surface area contributed by atoms with Gasteiger partial charge < -0.3 is 19.5 Å². The molecule has 1 aliphatic carbocycles. The Morgan fingerprint density at radius 1 is 1.36 bits per heavy atom. The number of benzene rings is 1. The number of amides is 2. The summed E-state index contributed by atoms with van der Waals surface area (Å²) in [5.41, 5.74) is 1.56. The van der Waals surface area contributed by atoms with E-state index in [2.05, 4.69) is 10.5 Å². The molecule has 25 heavy (non-hydrogen) atoms. The fraction of sp³-hybridized carbons (Fsp3) is 0.389. The van der Waals surface area contributed by atoms with Gasteiger partial charge in [0.15, 0.2) is 5.69 Å². The second kappa shape index (κ2) is 6.23. The quantitative estimate of drug-likeness (QED) is 0.904. The molecule has 7 heteroatoms. The number of nitrogens with one attached hydrogen (secondary N) is 1. The lowest BCUT2D eigenvalue weighted by Gasteiger charge is -2.19. The van der Waals surface area contributed by atoms with E-state index in [1.807, 2.05) is 0 Å². The smallest absolute Gasteiger partial charge is 0.277 e. The van der Waals surface area contributed by atoms with Crippen LogP contribution in [0.25, 0.3) is 0 Å². The number of anilines is 2. The summed E-state index contributed by atoms with van der Waals surface area (Å²) in [5, 5.41) is 6.63. The first-order chi connectivity index (χ1) is 12.2. The Hall–Kier alpha value is -2.83. The van der Waals surface area contributed by atoms with Crippen molar-refractivity contribution in [2.75, 3.05) is 23.9 Å². The number of nitrogens with zero attached hydrogens (tertiary/aromatic N) is 2. The van der Waals surface area contributed by atoms with Gasteiger partial charge in [-0.25, -0.2) is 0 Å². The number of rotatable bonds is 5. The molecule has 7 nitrogen and oxygen atoms in total. The predicted octanol–water partition coefficient (Wildman–Crippen LogP) is 2.94. The van der Waals surface area contributed by atoms with Crippen molar-refractivity contribution in [2.24, 2.45) is 0 Å². The van der Waals surface area contributed by atoms with E-state index < -0.39 is 0 Å². The highest BCUT2D eigenvalue weighted by atomic mass is 16.5. The summed E-state index contributed by atoms with van der Waals surface area (Å²) in [6.07, 6.45) is 3.57. The molecule has 1 saturated carbocycles. The summed E-state index contributed by atoms with van der Waals surface area (Å²) in [6, 6.07) is 6.95. The zero-order valence-corrected chi connectivity index (χ0v) is 13.9. The largest absolute Gasteiger partial charge is 0.494 e. The molecular formula is C18H19N3O4. The van der Waals surface area contributed by atoms with E-state index in [9.17, 15) is 9.59 Å². The highest BCUT2D eigenvalue weighted by Crippen LogP contribution is 2.40. The molecule has 0 radical (unpaired) electrons. The molecule has 2 aliphatic rings. The van der Waals surface area contributed by atoms with Crippen molar-refractivity contribution in [2.45, 2.75) is 31.6 Å². The van der Waals surface area contributed by atoms with Gasteiger partial charge in [-0.2, -0.15) is 0 Å². The van der Waals surface area contributed by atoms with Crippen LogP contribution in [-0.2, 0) is 4.79 Å². The Morgan fingerprint density at radius 2 is 2.20 bits per heavy atom. The van der Waals surface area contributed by atoms with Crippen LogP contribution in [0.15, 0.2) is 28.8 Å². The third-order valence-corrected chi connectivity index (χ3v) is 4.54. The van der Waals surface area contributed by atoms with Crippen molar-refractivity contribution >= 4 is 23.2 Å². The lowest BCUT2D eigenvalue weighted by atomic mass is 10.2. The molecule has 1 N–H and O–H groups in total. The number of hydrogen-bond donors (Lipinski definition) is 1. The number of hydrogen-bond acceptors (Lipinski definition) is 5. The van der Waals surface area contributed by atoms with Crippen LogP contribution < -0.4 is 15.0 Å². The molecule has 130 valence electrons. The summed E-state index contributed by atoms with van der Waals surface area (Å²) in [7, 11) is 1.55. The second-order valence-corrected chi connectivity index (χ2v) is 6.38. The molecule has 0 unspecified atom stereocenters. The zero-order valence-electron chi connectivity index (χ0n) is 13.9. The minimum Gasteiger partial charge on any atom is -0.494 e. The topological polar surface area (TPSA) is 84.7 Å². The second-order valence-electron chi connectivity index (χ2n) is 6.38. The van der Waals surface area contributed by atoms with Gasteiger partial charge in [-0.05, 0) is 31.4 Å². The van der Waals surface area contributed by atoms with Crippen LogP contribution in [0.3, 0.4) is 0 Å². The number of carbonyl (C=O) groups is 2. The Balaban J connectivity index is 1.51. The van der Waals surface area contributed by atoms with Crippen LogP contribution in [0, 0.1) is 0 Å². The molecule has 0 spiro atoms. The molecule has 4 rings (SSSR count). The van der Waals surface area contributed by atoms with Crippen LogP contribution in [-0.4, -0.2) is 30.6 Å². The fourth-order valence-corrected chi connectivity index (χ4v) is 3.03. The average Bonchev–Trinajstić information content (AvgIpc) is 3.19. The molecule has 1 aromatic heterocycles. The van der Waals surface area contributed by atoms with E-state index in [1.165, 1.54) is 0 Å². The van der Waals surface area contributed by atoms with Crippen molar-refractivity contribution in [3.63, 3.8) is 0 Å². The molecule has 2 heterocycles. The molecule has 1 aliphatic heterocycles. The highest BCUT2D eigenvalue weighted by Gasteiger charge is 2.29. The third kappa shape index (κ3) is 3.09. The van der Waals surface area contributed by atoms with E-state index in [0.717, 1.165) is 30.7 Å². The zero-order chi connectivity index (χ0) is 17.4. The Kier molecular flexibility index (Phi) is 3.91. The lowest BCUT2D eigenvalue weighted by molar-refractivity contribution is -0.117. The van der Waals surface area contributed by atoms with Crippen molar-refractivity contribution in [1.82, 2.24) is 5.16 Å². The number of ether oxygens (including phenoxy) is 1. The van der Waals surface area contributed by atoms with Crippen molar-refractivity contribution in [3.05, 3.63) is 35.7 Å². The maximum Gasteiger partial charge on any atom is 0.277 e. The van der Waals surface area contributed by atoms with Gasteiger partial charge in [0.25, 0.3) is 5.91 Å². The first-order valence-corrected chi connectivity index (χ1v) is 8.42. The normalized spacial score (nSPS) is 17.0. The van der Waals surface area contributed by atoms with Crippen molar-refractivity contribution in [1.29, 1.82) is 0 Å². The maximum absolute atomic E-state index is 12.3. The fourth-order valence-electron chi connectivity index (χ4n) is 3.03. The van der Waals surface area contributed by atoms with E-state index in [-0.39, 0.29) is 17.5 Å². The van der Waals surface area contributed by atoms with Crippen molar-refractivity contribution < 1.29 is 18.8 Å². The number of methoxy groups -OCH3 is 1. The molecule has 2 aromatic rings.